The lowest BCUT2D eigenvalue weighted by molar-refractivity contribution is 0.467. The first kappa shape index (κ1) is 14.1. The smallest absolute Gasteiger partial charge is 0.294 e. The van der Waals surface area contributed by atoms with Gasteiger partial charge in [0.25, 0.3) is 10.1 Å². The van der Waals surface area contributed by atoms with Crippen molar-refractivity contribution in [2.24, 2.45) is 10.2 Å². The van der Waals surface area contributed by atoms with Crippen molar-refractivity contribution < 1.29 is 18.1 Å². The molecule has 0 unspecified atom stereocenters. The molecule has 0 aliphatic heterocycles. The molecule has 1 aromatic heterocycles. The summed E-state index contributed by atoms with van der Waals surface area (Å²) in [5, 5.41) is 17.1. The van der Waals surface area contributed by atoms with Crippen LogP contribution in [0.5, 0.6) is 5.75 Å². The van der Waals surface area contributed by atoms with E-state index < -0.39 is 10.1 Å². The monoisotopic (exact) mass is 293 g/mol. The predicted molar refractivity (Wildman–Crippen MR) is 71.1 cm³/mol. The molecule has 1 heterocycles. The fourth-order valence-corrected chi connectivity index (χ4v) is 1.87. The highest BCUT2D eigenvalue weighted by atomic mass is 32.2. The zero-order chi connectivity index (χ0) is 14.8. The van der Waals surface area contributed by atoms with Gasteiger partial charge in [0.2, 0.25) is 0 Å². The molecule has 2 rings (SSSR count). The van der Waals surface area contributed by atoms with Crippen molar-refractivity contribution in [1.29, 1.82) is 0 Å². The molecule has 0 atom stereocenters. The number of azo groups is 1. The minimum Gasteiger partial charge on any atom is -0.506 e. The Bertz CT molecular complexity index is 755. The Kier molecular flexibility index (Phi) is 3.77. The molecule has 0 bridgehead atoms. The lowest BCUT2D eigenvalue weighted by Crippen LogP contribution is -1.96. The molecule has 0 aliphatic rings. The molecule has 7 nitrogen and oxygen atoms in total. The van der Waals surface area contributed by atoms with Crippen molar-refractivity contribution in [3.63, 3.8) is 0 Å². The molecule has 2 aromatic rings. The highest BCUT2D eigenvalue weighted by molar-refractivity contribution is 7.85. The molecule has 104 valence electrons. The van der Waals surface area contributed by atoms with Gasteiger partial charge in [-0.25, -0.2) is 4.98 Å². The average Bonchev–Trinajstić information content (AvgIpc) is 2.40. The van der Waals surface area contributed by atoms with E-state index >= 15 is 0 Å². The van der Waals surface area contributed by atoms with Gasteiger partial charge in [0.1, 0.15) is 5.75 Å². The van der Waals surface area contributed by atoms with Crippen molar-refractivity contribution in [2.75, 3.05) is 0 Å². The van der Waals surface area contributed by atoms with Gasteiger partial charge in [0, 0.05) is 0 Å². The Morgan fingerprint density at radius 1 is 1.05 bits per heavy atom. The van der Waals surface area contributed by atoms with Gasteiger partial charge >= 0.3 is 0 Å². The normalized spacial score (nSPS) is 11.9. The number of aryl methyl sites for hydroxylation is 1. The lowest BCUT2D eigenvalue weighted by atomic mass is 10.3. The summed E-state index contributed by atoms with van der Waals surface area (Å²) in [5.41, 5.74) is 0.841. The Morgan fingerprint density at radius 2 is 1.70 bits per heavy atom. The standard InChI is InChI=1S/C12H11N3O4S/c1-8-11(16)6-7-12(13-8)15-14-9-2-4-10(5-3-9)20(17,18)19/h2-7,16H,1H3,(H,17,18,19). The molecule has 0 fully saturated rings. The third-order valence-electron chi connectivity index (χ3n) is 2.45. The molecule has 1 aromatic carbocycles. The zero-order valence-corrected chi connectivity index (χ0v) is 11.2. The Labute approximate surface area is 115 Å². The Morgan fingerprint density at radius 3 is 2.25 bits per heavy atom. The first-order chi connectivity index (χ1) is 9.36. The molecule has 0 saturated carbocycles. The molecule has 0 amide bonds. The van der Waals surface area contributed by atoms with Crippen molar-refractivity contribution in [3.05, 3.63) is 42.1 Å². The van der Waals surface area contributed by atoms with Gasteiger partial charge in [-0.05, 0) is 43.3 Å². The third kappa shape index (κ3) is 3.37. The number of pyridine rings is 1. The fourth-order valence-electron chi connectivity index (χ4n) is 1.39. The van der Waals surface area contributed by atoms with Crippen LogP contribution in [0.15, 0.2) is 51.5 Å². The average molecular weight is 293 g/mol. The molecule has 0 aliphatic carbocycles. The maximum atomic E-state index is 10.9. The van der Waals surface area contributed by atoms with E-state index in [9.17, 15) is 13.5 Å². The van der Waals surface area contributed by atoms with Crippen molar-refractivity contribution >= 4 is 21.6 Å². The van der Waals surface area contributed by atoms with Gasteiger partial charge in [-0.2, -0.15) is 8.42 Å². The summed E-state index contributed by atoms with van der Waals surface area (Å²) in [4.78, 5) is 3.79. The van der Waals surface area contributed by atoms with E-state index in [0.717, 1.165) is 0 Å². The zero-order valence-electron chi connectivity index (χ0n) is 10.4. The fraction of sp³-hybridized carbons (Fsp3) is 0.0833. The summed E-state index contributed by atoms with van der Waals surface area (Å²) < 4.78 is 30.6. The lowest BCUT2D eigenvalue weighted by Gasteiger charge is -1.98. The topological polar surface area (TPSA) is 112 Å². The van der Waals surface area contributed by atoms with Crippen LogP contribution in [0.2, 0.25) is 0 Å². The summed E-state index contributed by atoms with van der Waals surface area (Å²) in [7, 11) is -4.21. The van der Waals surface area contributed by atoms with E-state index in [0.29, 0.717) is 17.2 Å². The van der Waals surface area contributed by atoms with Crippen LogP contribution in [-0.4, -0.2) is 23.1 Å². The second-order valence-electron chi connectivity index (χ2n) is 3.94. The highest BCUT2D eigenvalue weighted by Crippen LogP contribution is 2.21. The maximum Gasteiger partial charge on any atom is 0.294 e. The van der Waals surface area contributed by atoms with Crippen molar-refractivity contribution in [1.82, 2.24) is 4.98 Å². The van der Waals surface area contributed by atoms with E-state index in [-0.39, 0.29) is 10.6 Å². The van der Waals surface area contributed by atoms with Crippen LogP contribution >= 0.6 is 0 Å². The summed E-state index contributed by atoms with van der Waals surface area (Å²) in [5.74, 6) is 0.389. The number of benzene rings is 1. The minimum atomic E-state index is -4.21. The Hall–Kier alpha value is -2.32. The first-order valence-electron chi connectivity index (χ1n) is 5.52. The Balaban J connectivity index is 2.21. The van der Waals surface area contributed by atoms with Gasteiger partial charge in [-0.15, -0.1) is 10.2 Å². The van der Waals surface area contributed by atoms with Crippen molar-refractivity contribution in [2.45, 2.75) is 11.8 Å². The molecule has 8 heteroatoms. The largest absolute Gasteiger partial charge is 0.506 e. The second kappa shape index (κ2) is 5.35. The molecule has 0 spiro atoms. The van der Waals surface area contributed by atoms with Gasteiger partial charge in [-0.1, -0.05) is 0 Å². The van der Waals surface area contributed by atoms with Crippen molar-refractivity contribution in [3.8, 4) is 5.75 Å². The number of hydrogen-bond donors (Lipinski definition) is 2. The van der Waals surface area contributed by atoms with Crippen LogP contribution in [-0.2, 0) is 10.1 Å². The molecule has 20 heavy (non-hydrogen) atoms. The number of aromatic nitrogens is 1. The molecule has 2 N–H and O–H groups in total. The molecular weight excluding hydrogens is 282 g/mol. The van der Waals surface area contributed by atoms with Crippen LogP contribution < -0.4 is 0 Å². The predicted octanol–water partition coefficient (Wildman–Crippen LogP) is 2.76. The number of nitrogens with zero attached hydrogens (tertiary/aromatic N) is 3. The second-order valence-corrected chi connectivity index (χ2v) is 5.36. The number of rotatable bonds is 3. The van der Waals surface area contributed by atoms with Crippen LogP contribution in [0, 0.1) is 6.92 Å². The summed E-state index contributed by atoms with van der Waals surface area (Å²) in [6, 6.07) is 8.20. The number of hydrogen-bond acceptors (Lipinski definition) is 6. The van der Waals surface area contributed by atoms with E-state index in [1.54, 1.807) is 6.92 Å². The van der Waals surface area contributed by atoms with E-state index in [4.69, 9.17) is 4.55 Å². The SMILES string of the molecule is Cc1nc(N=Nc2ccc(S(=O)(=O)O)cc2)ccc1O. The van der Waals surface area contributed by atoms with Gasteiger partial charge in [-0.3, -0.25) is 4.55 Å². The summed E-state index contributed by atoms with van der Waals surface area (Å²) in [6.07, 6.45) is 0. The molecular formula is C12H11N3O4S. The highest BCUT2D eigenvalue weighted by Gasteiger charge is 2.08. The quantitative estimate of drug-likeness (QED) is 0.667. The van der Waals surface area contributed by atoms with Crippen LogP contribution in [0.4, 0.5) is 11.5 Å². The van der Waals surface area contributed by atoms with Crippen LogP contribution in [0.25, 0.3) is 0 Å². The number of aromatic hydroxyl groups is 1. The maximum absolute atomic E-state index is 10.9. The summed E-state index contributed by atoms with van der Waals surface area (Å²) in [6.45, 7) is 1.63. The van der Waals surface area contributed by atoms with Gasteiger partial charge in [0.15, 0.2) is 5.82 Å². The summed E-state index contributed by atoms with van der Waals surface area (Å²) >= 11 is 0. The molecule has 0 radical (unpaired) electrons. The van der Waals surface area contributed by atoms with E-state index in [2.05, 4.69) is 15.2 Å². The molecule has 0 saturated heterocycles. The van der Waals surface area contributed by atoms with Gasteiger partial charge < -0.3 is 5.11 Å². The van der Waals surface area contributed by atoms with E-state index in [1.807, 2.05) is 0 Å². The van der Waals surface area contributed by atoms with E-state index in [1.165, 1.54) is 36.4 Å². The van der Waals surface area contributed by atoms with Crippen LogP contribution in [0.1, 0.15) is 5.69 Å². The third-order valence-corrected chi connectivity index (χ3v) is 3.31. The van der Waals surface area contributed by atoms with Crippen LogP contribution in [0.3, 0.4) is 0 Å². The minimum absolute atomic E-state index is 0.0708. The first-order valence-corrected chi connectivity index (χ1v) is 6.96. The van der Waals surface area contributed by atoms with Gasteiger partial charge in [0.05, 0.1) is 16.3 Å².